The number of thioether (sulfide) groups is 1. The molecule has 1 N–H and O–H groups in total. The Morgan fingerprint density at radius 1 is 1.25 bits per heavy atom. The van der Waals surface area contributed by atoms with Crippen LogP contribution in [0, 0.1) is 0 Å². The second-order valence-electron chi connectivity index (χ2n) is 4.59. The van der Waals surface area contributed by atoms with Crippen LogP contribution in [0.25, 0.3) is 0 Å². The summed E-state index contributed by atoms with van der Waals surface area (Å²) >= 11 is 2.02. The third kappa shape index (κ3) is 1.86. The molecule has 3 rings (SSSR count). The van der Waals surface area contributed by atoms with E-state index >= 15 is 0 Å². The fourth-order valence-corrected chi connectivity index (χ4v) is 3.58. The van der Waals surface area contributed by atoms with Gasteiger partial charge in [0.2, 0.25) is 0 Å². The van der Waals surface area contributed by atoms with E-state index in [1.165, 1.54) is 24.3 Å². The first-order chi connectivity index (χ1) is 7.84. The Hall–Kier alpha value is -0.550. The van der Waals surface area contributed by atoms with Crippen molar-refractivity contribution in [1.29, 1.82) is 0 Å². The molecule has 1 aromatic rings. The van der Waals surface area contributed by atoms with E-state index in [2.05, 4.69) is 10.1 Å². The van der Waals surface area contributed by atoms with Gasteiger partial charge in [-0.1, -0.05) is 0 Å². The zero-order chi connectivity index (χ0) is 11.0. The van der Waals surface area contributed by atoms with E-state index in [9.17, 15) is 5.11 Å². The first kappa shape index (κ1) is 10.6. The van der Waals surface area contributed by atoms with Gasteiger partial charge in [0.15, 0.2) is 5.82 Å². The van der Waals surface area contributed by atoms with Crippen molar-refractivity contribution in [1.82, 2.24) is 14.8 Å². The lowest BCUT2D eigenvalue weighted by molar-refractivity contribution is 0.0642. The predicted molar refractivity (Wildman–Crippen MR) is 63.5 cm³/mol. The molecule has 2 aliphatic heterocycles. The van der Waals surface area contributed by atoms with E-state index in [1.807, 2.05) is 11.8 Å². The number of fused-ring (bicyclic) bond motifs is 1. The second-order valence-corrected chi connectivity index (χ2v) is 5.82. The molecule has 1 atom stereocenters. The maximum absolute atomic E-state index is 9.83. The Morgan fingerprint density at radius 3 is 2.81 bits per heavy atom. The molecule has 0 saturated carbocycles. The van der Waals surface area contributed by atoms with Crippen LogP contribution in [0.3, 0.4) is 0 Å². The average molecular weight is 239 g/mol. The predicted octanol–water partition coefficient (Wildman–Crippen LogP) is 1.72. The lowest BCUT2D eigenvalue weighted by atomic mass is 10.0. The molecule has 5 heteroatoms. The zero-order valence-corrected chi connectivity index (χ0v) is 10.1. The van der Waals surface area contributed by atoms with Crippen LogP contribution in [0.5, 0.6) is 0 Å². The minimum absolute atomic E-state index is 0.442. The molecule has 88 valence electrons. The summed E-state index contributed by atoms with van der Waals surface area (Å²) < 4.78 is 1.74. The van der Waals surface area contributed by atoms with Crippen molar-refractivity contribution < 1.29 is 5.11 Å². The van der Waals surface area contributed by atoms with Crippen LogP contribution in [0.15, 0.2) is 0 Å². The molecule has 0 aliphatic carbocycles. The van der Waals surface area contributed by atoms with Gasteiger partial charge in [0.05, 0.1) is 0 Å². The van der Waals surface area contributed by atoms with Gasteiger partial charge in [-0.2, -0.15) is 16.9 Å². The maximum Gasteiger partial charge on any atom is 0.154 e. The molecule has 0 spiro atoms. The van der Waals surface area contributed by atoms with Gasteiger partial charge in [-0.15, -0.1) is 0 Å². The molecule has 4 nitrogen and oxygen atoms in total. The average Bonchev–Trinajstić information content (AvgIpc) is 2.76. The van der Waals surface area contributed by atoms with Crippen molar-refractivity contribution in [2.24, 2.45) is 0 Å². The minimum atomic E-state index is -0.442. The number of aliphatic hydroxyl groups excluding tert-OH is 1. The SMILES string of the molecule is OC1CCCc2nc(C3CCSCC3)nn21. The van der Waals surface area contributed by atoms with E-state index < -0.39 is 6.23 Å². The van der Waals surface area contributed by atoms with Gasteiger partial charge < -0.3 is 5.11 Å². The van der Waals surface area contributed by atoms with Gasteiger partial charge in [-0.25, -0.2) is 9.67 Å². The number of aliphatic hydroxyl groups is 1. The number of rotatable bonds is 1. The minimum Gasteiger partial charge on any atom is -0.372 e. The van der Waals surface area contributed by atoms with Gasteiger partial charge in [0.1, 0.15) is 12.1 Å². The van der Waals surface area contributed by atoms with Gasteiger partial charge in [-0.05, 0) is 37.2 Å². The Morgan fingerprint density at radius 2 is 2.06 bits per heavy atom. The number of hydrogen-bond donors (Lipinski definition) is 1. The standard InChI is InChI=1S/C11H17N3OS/c15-10-3-1-2-9-12-11(13-14(9)10)8-4-6-16-7-5-8/h8,10,15H,1-7H2. The highest BCUT2D eigenvalue weighted by Gasteiger charge is 2.25. The fraction of sp³-hybridized carbons (Fsp3) is 0.818. The Bertz CT molecular complexity index is 373. The summed E-state index contributed by atoms with van der Waals surface area (Å²) in [6, 6.07) is 0. The van der Waals surface area contributed by atoms with Gasteiger partial charge in [-0.3, -0.25) is 0 Å². The second kappa shape index (κ2) is 4.37. The van der Waals surface area contributed by atoms with Crippen LogP contribution in [0.2, 0.25) is 0 Å². The molecule has 1 fully saturated rings. The lowest BCUT2D eigenvalue weighted by Crippen LogP contribution is -2.18. The summed E-state index contributed by atoms with van der Waals surface area (Å²) in [6.07, 6.45) is 4.73. The molecule has 0 amide bonds. The van der Waals surface area contributed by atoms with E-state index in [-0.39, 0.29) is 0 Å². The third-order valence-electron chi connectivity index (χ3n) is 3.45. The van der Waals surface area contributed by atoms with Crippen LogP contribution in [0.4, 0.5) is 0 Å². The molecule has 16 heavy (non-hydrogen) atoms. The summed E-state index contributed by atoms with van der Waals surface area (Å²) in [4.78, 5) is 4.61. The van der Waals surface area contributed by atoms with Crippen LogP contribution >= 0.6 is 11.8 Å². The Labute approximate surface area is 99.4 Å². The van der Waals surface area contributed by atoms with Crippen LogP contribution < -0.4 is 0 Å². The fourth-order valence-electron chi connectivity index (χ4n) is 2.48. The molecule has 0 radical (unpaired) electrons. The maximum atomic E-state index is 9.83. The van der Waals surface area contributed by atoms with Crippen LogP contribution in [0.1, 0.15) is 49.5 Å². The topological polar surface area (TPSA) is 50.9 Å². The van der Waals surface area contributed by atoms with Crippen molar-refractivity contribution >= 4 is 11.8 Å². The number of aryl methyl sites for hydroxylation is 1. The first-order valence-corrected chi connectivity index (χ1v) is 7.21. The highest BCUT2D eigenvalue weighted by Crippen LogP contribution is 2.31. The van der Waals surface area contributed by atoms with Gasteiger partial charge >= 0.3 is 0 Å². The van der Waals surface area contributed by atoms with Crippen LogP contribution in [-0.4, -0.2) is 31.4 Å². The summed E-state index contributed by atoms with van der Waals surface area (Å²) in [5.41, 5.74) is 0. The van der Waals surface area contributed by atoms with Crippen molar-refractivity contribution in [2.75, 3.05) is 11.5 Å². The Balaban J connectivity index is 1.85. The normalized spacial score (nSPS) is 26.7. The van der Waals surface area contributed by atoms with Gasteiger partial charge in [0, 0.05) is 12.3 Å². The summed E-state index contributed by atoms with van der Waals surface area (Å²) in [7, 11) is 0. The molecule has 0 aromatic carbocycles. The van der Waals surface area contributed by atoms with E-state index in [0.29, 0.717) is 5.92 Å². The lowest BCUT2D eigenvalue weighted by Gasteiger charge is -2.18. The van der Waals surface area contributed by atoms with Crippen molar-refractivity contribution in [3.05, 3.63) is 11.6 Å². The number of hydrogen-bond acceptors (Lipinski definition) is 4. The van der Waals surface area contributed by atoms with Crippen molar-refractivity contribution in [3.63, 3.8) is 0 Å². The molecular weight excluding hydrogens is 222 g/mol. The Kier molecular flexibility index (Phi) is 2.90. The number of nitrogens with zero attached hydrogens (tertiary/aromatic N) is 3. The van der Waals surface area contributed by atoms with Crippen LogP contribution in [-0.2, 0) is 6.42 Å². The molecular formula is C11H17N3OS. The summed E-state index contributed by atoms with van der Waals surface area (Å²) in [5, 5.41) is 14.3. The van der Waals surface area contributed by atoms with E-state index in [0.717, 1.165) is 30.9 Å². The molecule has 2 aliphatic rings. The quantitative estimate of drug-likeness (QED) is 0.810. The molecule has 3 heterocycles. The summed E-state index contributed by atoms with van der Waals surface area (Å²) in [5.74, 6) is 4.91. The van der Waals surface area contributed by atoms with Gasteiger partial charge in [0.25, 0.3) is 0 Å². The molecule has 1 unspecified atom stereocenters. The van der Waals surface area contributed by atoms with Crippen molar-refractivity contribution in [2.45, 2.75) is 44.2 Å². The highest BCUT2D eigenvalue weighted by molar-refractivity contribution is 7.99. The highest BCUT2D eigenvalue weighted by atomic mass is 32.2. The smallest absolute Gasteiger partial charge is 0.154 e. The van der Waals surface area contributed by atoms with Crippen molar-refractivity contribution in [3.8, 4) is 0 Å². The monoisotopic (exact) mass is 239 g/mol. The van der Waals surface area contributed by atoms with E-state index in [1.54, 1.807) is 4.68 Å². The molecule has 0 bridgehead atoms. The third-order valence-corrected chi connectivity index (χ3v) is 4.50. The first-order valence-electron chi connectivity index (χ1n) is 6.06. The molecule has 1 aromatic heterocycles. The largest absolute Gasteiger partial charge is 0.372 e. The number of aromatic nitrogens is 3. The molecule has 1 saturated heterocycles. The summed E-state index contributed by atoms with van der Waals surface area (Å²) in [6.45, 7) is 0. The van der Waals surface area contributed by atoms with E-state index in [4.69, 9.17) is 0 Å². The zero-order valence-electron chi connectivity index (χ0n) is 9.30.